The van der Waals surface area contributed by atoms with E-state index >= 15 is 0 Å². The van der Waals surface area contributed by atoms with E-state index in [1.165, 1.54) is 193 Å². The molecule has 0 amide bonds. The molecule has 0 spiro atoms. The van der Waals surface area contributed by atoms with Crippen LogP contribution in [0.5, 0.6) is 0 Å². The smallest absolute Gasteiger partial charge is 0.303 e. The van der Waals surface area contributed by atoms with Gasteiger partial charge in [-0.15, -0.1) is 9.05 Å². The van der Waals surface area contributed by atoms with Gasteiger partial charge in [0.05, 0.1) is 0 Å². The topological polar surface area (TPSA) is 113 Å². The van der Waals surface area contributed by atoms with Crippen molar-refractivity contribution in [1.29, 1.82) is 0 Å². The molecule has 0 aliphatic heterocycles. The van der Waals surface area contributed by atoms with Gasteiger partial charge in [0.25, 0.3) is 0 Å². The van der Waals surface area contributed by atoms with E-state index in [2.05, 4.69) is 13.8 Å². The van der Waals surface area contributed by atoms with Crippen molar-refractivity contribution in [3.63, 3.8) is 0 Å². The molecule has 272 valence electrons. The van der Waals surface area contributed by atoms with Crippen LogP contribution in [0.25, 0.3) is 0 Å². The van der Waals surface area contributed by atoms with Crippen molar-refractivity contribution in [2.24, 2.45) is 0 Å². The molecule has 0 aromatic rings. The number of unbranched alkanes of at least 4 members (excludes halogenated alkanes) is 30. The molecular weight excluding hydrogens is 606 g/mol. The average molecular weight is 684 g/mol. The lowest BCUT2D eigenvalue weighted by atomic mass is 10.0. The van der Waals surface area contributed by atoms with Crippen LogP contribution in [0.4, 0.5) is 0 Å². The lowest BCUT2D eigenvalue weighted by Crippen LogP contribution is -1.92. The van der Waals surface area contributed by atoms with Crippen molar-refractivity contribution >= 4 is 16.1 Å². The molecule has 7 nitrogen and oxygen atoms in total. The first kappa shape index (κ1) is 47.2. The molecule has 0 atom stereocenters. The summed E-state index contributed by atoms with van der Waals surface area (Å²) in [6.07, 6.45) is 43.6. The summed E-state index contributed by atoms with van der Waals surface area (Å²) in [4.78, 5) is 21.6. The summed E-state index contributed by atoms with van der Waals surface area (Å²) >= 11 is 0. The van der Waals surface area contributed by atoms with Crippen LogP contribution in [0, 0.1) is 0 Å². The van der Waals surface area contributed by atoms with Crippen LogP contribution in [-0.4, -0.2) is 27.9 Å². The van der Waals surface area contributed by atoms with E-state index in [1.54, 1.807) is 0 Å². The summed E-state index contributed by atoms with van der Waals surface area (Å²) in [5.74, 6) is 0. The summed E-state index contributed by atoms with van der Waals surface area (Å²) in [6.45, 7) is 5.73. The maximum atomic E-state index is 11.9. The molecule has 0 aliphatic carbocycles. The van der Waals surface area contributed by atoms with Gasteiger partial charge in [0.2, 0.25) is 0 Å². The van der Waals surface area contributed by atoms with E-state index in [0.29, 0.717) is 13.2 Å². The van der Waals surface area contributed by atoms with Gasteiger partial charge in [-0.25, -0.2) is 4.57 Å². The third-order valence-corrected chi connectivity index (χ3v) is 9.18. The predicted molar refractivity (Wildman–Crippen MR) is 193 cm³/mol. The van der Waals surface area contributed by atoms with E-state index in [0.717, 1.165) is 12.8 Å². The van der Waals surface area contributed by atoms with E-state index < -0.39 is 16.1 Å². The molecule has 0 fully saturated rings. The number of hydrogen-bond donors (Lipinski definition) is 3. The Bertz CT molecular complexity index is 568. The molecule has 0 saturated carbocycles. The van der Waals surface area contributed by atoms with Gasteiger partial charge < -0.3 is 14.7 Å². The highest BCUT2D eigenvalue weighted by Gasteiger charge is 2.18. The number of phosphoric acid groups is 1. The van der Waals surface area contributed by atoms with Crippen molar-refractivity contribution < 1.29 is 32.9 Å². The zero-order valence-corrected chi connectivity index (χ0v) is 31.7. The zero-order chi connectivity index (χ0) is 33.5. The first-order valence-corrected chi connectivity index (χ1v) is 22.0. The van der Waals surface area contributed by atoms with Gasteiger partial charge in [-0.05, 0) is 12.8 Å². The zero-order valence-electron chi connectivity index (χ0n) is 29.9. The molecule has 0 unspecified atom stereocenters. The third kappa shape index (κ3) is 53.9. The maximum absolute atomic E-state index is 11.9. The van der Waals surface area contributed by atoms with Crippen molar-refractivity contribution in [3.8, 4) is 0 Å². The fraction of sp³-hybridized carbons (Fsp3) is 1.00. The Morgan fingerprint density at radius 3 is 0.711 bits per heavy atom. The van der Waals surface area contributed by atoms with Crippen LogP contribution < -0.4 is 0 Å². The van der Waals surface area contributed by atoms with Crippen LogP contribution in [0.1, 0.15) is 219 Å². The van der Waals surface area contributed by atoms with Gasteiger partial charge in [0.1, 0.15) is 13.2 Å². The Labute approximate surface area is 281 Å². The summed E-state index contributed by atoms with van der Waals surface area (Å²) in [5, 5.41) is 0. The normalized spacial score (nSPS) is 11.5. The SMILES string of the molecule is CCCCCCCCCCCCCCCCCCO[P+](=O)OCCCCCCCCCCCCCCCCCC.O=P(O)(O)O. The molecule has 45 heavy (non-hydrogen) atoms. The van der Waals surface area contributed by atoms with Gasteiger partial charge in [0.15, 0.2) is 0 Å². The fourth-order valence-electron chi connectivity index (χ4n) is 5.62. The minimum atomic E-state index is -4.64. The second-order valence-corrected chi connectivity index (χ2v) is 15.0. The lowest BCUT2D eigenvalue weighted by molar-refractivity contribution is 0.218. The monoisotopic (exact) mass is 684 g/mol. The van der Waals surface area contributed by atoms with Crippen molar-refractivity contribution in [3.05, 3.63) is 0 Å². The van der Waals surface area contributed by atoms with E-state index in [4.69, 9.17) is 28.3 Å². The number of rotatable bonds is 36. The van der Waals surface area contributed by atoms with Crippen molar-refractivity contribution in [2.45, 2.75) is 219 Å². The van der Waals surface area contributed by atoms with Crippen LogP contribution in [-0.2, 0) is 18.2 Å². The molecule has 0 radical (unpaired) electrons. The largest absolute Gasteiger partial charge is 0.697 e. The molecule has 0 aromatic carbocycles. The summed E-state index contributed by atoms with van der Waals surface area (Å²) in [6, 6.07) is 0. The Morgan fingerprint density at radius 1 is 0.378 bits per heavy atom. The molecule has 0 rings (SSSR count). The molecule has 0 aliphatic rings. The van der Waals surface area contributed by atoms with Gasteiger partial charge in [0, 0.05) is 4.57 Å². The average Bonchev–Trinajstić information content (AvgIpc) is 2.99. The second-order valence-electron chi connectivity index (χ2n) is 13.0. The first-order chi connectivity index (χ1) is 21.8. The highest BCUT2D eigenvalue weighted by molar-refractivity contribution is 7.45. The van der Waals surface area contributed by atoms with Gasteiger partial charge >= 0.3 is 16.1 Å². The predicted octanol–water partition coefficient (Wildman–Crippen LogP) is 13.3. The standard InChI is InChI=1S/C36H74O3P.H3O4P/c1-3-5-7-9-11-13-15-17-19-21-23-25-27-29-31-33-35-38-40(37)39-36-34-32-30-28-26-24-22-20-18-16-14-12-10-8-6-4-2;1-5(2,3)4/h3-36H2,1-2H3;(H3,1,2,3,4)/q+1;. The third-order valence-electron chi connectivity index (χ3n) is 8.39. The van der Waals surface area contributed by atoms with Crippen molar-refractivity contribution in [2.75, 3.05) is 13.2 Å². The first-order valence-electron chi connectivity index (χ1n) is 19.3. The molecule has 0 heterocycles. The van der Waals surface area contributed by atoms with Crippen LogP contribution in [0.15, 0.2) is 0 Å². The van der Waals surface area contributed by atoms with Gasteiger partial charge in [-0.3, -0.25) is 0 Å². The van der Waals surface area contributed by atoms with Crippen LogP contribution >= 0.6 is 16.1 Å². The minimum absolute atomic E-state index is 0.576. The Hall–Kier alpha value is 0.130. The quantitative estimate of drug-likeness (QED) is 0.0445. The van der Waals surface area contributed by atoms with E-state index in [-0.39, 0.29) is 0 Å². The molecule has 0 aromatic heterocycles. The van der Waals surface area contributed by atoms with Gasteiger partial charge in [-0.1, -0.05) is 206 Å². The molecule has 0 bridgehead atoms. The summed E-state index contributed by atoms with van der Waals surface area (Å²) in [7, 11) is -6.56. The molecule has 3 N–H and O–H groups in total. The molecule has 0 saturated heterocycles. The fourth-order valence-corrected chi connectivity index (χ4v) is 6.25. The Kier molecular flexibility index (Phi) is 42.3. The Balaban J connectivity index is 0. The second kappa shape index (κ2) is 40.3. The Morgan fingerprint density at radius 2 is 0.533 bits per heavy atom. The van der Waals surface area contributed by atoms with Crippen LogP contribution in [0.2, 0.25) is 0 Å². The highest BCUT2D eigenvalue weighted by atomic mass is 31.2. The summed E-state index contributed by atoms with van der Waals surface area (Å²) in [5.41, 5.74) is 0. The molecule has 9 heteroatoms. The van der Waals surface area contributed by atoms with Gasteiger partial charge in [-0.2, -0.15) is 0 Å². The maximum Gasteiger partial charge on any atom is 0.697 e. The highest BCUT2D eigenvalue weighted by Crippen LogP contribution is 2.26. The molecular formula is C36H77O7P2+. The lowest BCUT2D eigenvalue weighted by Gasteiger charge is -2.03. The number of hydrogen-bond acceptors (Lipinski definition) is 4. The minimum Gasteiger partial charge on any atom is -0.303 e. The van der Waals surface area contributed by atoms with Crippen LogP contribution in [0.3, 0.4) is 0 Å². The van der Waals surface area contributed by atoms with E-state index in [9.17, 15) is 4.57 Å². The van der Waals surface area contributed by atoms with E-state index in [1.807, 2.05) is 0 Å². The van der Waals surface area contributed by atoms with Crippen molar-refractivity contribution in [1.82, 2.24) is 0 Å². The summed E-state index contributed by atoms with van der Waals surface area (Å²) < 4.78 is 31.5.